The fourth-order valence-corrected chi connectivity index (χ4v) is 3.88. The first-order chi connectivity index (χ1) is 15.2. The van der Waals surface area contributed by atoms with Crippen LogP contribution in [0.1, 0.15) is 12.8 Å². The molecule has 0 aliphatic carbocycles. The number of nitrogens with one attached hydrogen (secondary N) is 1. The van der Waals surface area contributed by atoms with Crippen LogP contribution in [0, 0.1) is 5.41 Å². The molecule has 1 N–H and O–H groups in total. The maximum Gasteiger partial charge on any atom is 0.202 e. The smallest absolute Gasteiger partial charge is 0.202 e. The Bertz CT molecular complexity index is 1170. The predicted molar refractivity (Wildman–Crippen MR) is 134 cm³/mol. The molecule has 0 saturated carbocycles. The highest BCUT2D eigenvalue weighted by molar-refractivity contribution is 9.10. The van der Waals surface area contributed by atoms with Gasteiger partial charge in [0.05, 0.1) is 24.2 Å². The molecule has 0 radical (unpaired) electrons. The minimum absolute atomic E-state index is 0. The Kier molecular flexibility index (Phi) is 8.82. The van der Waals surface area contributed by atoms with Gasteiger partial charge in [-0.1, -0.05) is 46.3 Å². The molecule has 0 unspecified atom stereocenters. The lowest BCUT2D eigenvalue weighted by Gasteiger charge is -2.08. The molecule has 3 aromatic carbocycles. The van der Waals surface area contributed by atoms with Gasteiger partial charge in [0.15, 0.2) is 0 Å². The summed E-state index contributed by atoms with van der Waals surface area (Å²) in [4.78, 5) is 0. The van der Waals surface area contributed by atoms with Crippen molar-refractivity contribution in [3.8, 4) is 11.5 Å². The molecule has 0 bridgehead atoms. The standard InChI is InChI=1S/C25H26BrN3O2.ClH/c26-20-12-14-22(15-13-20)31-19-7-17-29-24-11-5-4-10-23(24)28(25(29)27)16-6-18-30-21-8-2-1-3-9-21;/h1-5,8-15,27H,6-7,16-19H2;1H. The normalized spacial score (nSPS) is 10.7. The molecule has 4 rings (SSSR count). The number of halogens is 2. The Hall–Kier alpha value is -2.70. The fraction of sp³-hybridized carbons (Fsp3) is 0.240. The lowest BCUT2D eigenvalue weighted by Crippen LogP contribution is -2.26. The minimum atomic E-state index is 0. The number of fused-ring (bicyclic) bond motifs is 1. The Morgan fingerprint density at radius 3 is 1.66 bits per heavy atom. The van der Waals surface area contributed by atoms with E-state index in [-0.39, 0.29) is 12.4 Å². The summed E-state index contributed by atoms with van der Waals surface area (Å²) in [6.45, 7) is 2.72. The zero-order valence-electron chi connectivity index (χ0n) is 17.7. The number of nitrogens with zero attached hydrogens (tertiary/aromatic N) is 2. The number of ether oxygens (including phenoxy) is 2. The van der Waals surface area contributed by atoms with E-state index in [9.17, 15) is 0 Å². The van der Waals surface area contributed by atoms with Crippen molar-refractivity contribution in [3.05, 3.63) is 89.0 Å². The molecule has 0 fully saturated rings. The van der Waals surface area contributed by atoms with E-state index in [2.05, 4.69) is 37.2 Å². The summed E-state index contributed by atoms with van der Waals surface area (Å²) >= 11 is 3.44. The molecule has 7 heteroatoms. The van der Waals surface area contributed by atoms with Crippen LogP contribution in [0.4, 0.5) is 0 Å². The molecule has 168 valence electrons. The van der Waals surface area contributed by atoms with Gasteiger partial charge in [0.2, 0.25) is 5.62 Å². The molecule has 1 heterocycles. The molecule has 0 amide bonds. The van der Waals surface area contributed by atoms with Crippen molar-refractivity contribution in [3.63, 3.8) is 0 Å². The summed E-state index contributed by atoms with van der Waals surface area (Å²) in [6.07, 6.45) is 1.67. The maximum absolute atomic E-state index is 8.74. The SMILES string of the molecule is Cl.N=c1n(CCCOc2ccccc2)c2ccccc2n1CCCOc1ccc(Br)cc1. The van der Waals surface area contributed by atoms with Crippen LogP contribution in [0.2, 0.25) is 0 Å². The lowest BCUT2D eigenvalue weighted by atomic mass is 10.3. The first-order valence-corrected chi connectivity index (χ1v) is 11.3. The van der Waals surface area contributed by atoms with Gasteiger partial charge in [-0.15, -0.1) is 12.4 Å². The third kappa shape index (κ3) is 5.96. The van der Waals surface area contributed by atoms with Gasteiger partial charge in [0.1, 0.15) is 11.5 Å². The summed E-state index contributed by atoms with van der Waals surface area (Å²) < 4.78 is 16.8. The Balaban J connectivity index is 0.00000289. The molecule has 1 aromatic heterocycles. The van der Waals surface area contributed by atoms with E-state index in [0.29, 0.717) is 18.8 Å². The van der Waals surface area contributed by atoms with Gasteiger partial charge in [-0.05, 0) is 61.4 Å². The topological polar surface area (TPSA) is 52.2 Å². The van der Waals surface area contributed by atoms with Crippen molar-refractivity contribution >= 4 is 39.4 Å². The van der Waals surface area contributed by atoms with Gasteiger partial charge in [0, 0.05) is 17.6 Å². The molecular formula is C25H27BrClN3O2. The molecule has 0 atom stereocenters. The van der Waals surface area contributed by atoms with Crippen LogP contribution in [0.5, 0.6) is 11.5 Å². The molecule has 4 aromatic rings. The minimum Gasteiger partial charge on any atom is -0.494 e. The first-order valence-electron chi connectivity index (χ1n) is 10.5. The third-order valence-electron chi connectivity index (χ3n) is 5.12. The molecule has 5 nitrogen and oxygen atoms in total. The molecular weight excluding hydrogens is 490 g/mol. The predicted octanol–water partition coefficient (Wildman–Crippen LogP) is 6.04. The first kappa shape index (κ1) is 24.0. The van der Waals surface area contributed by atoms with E-state index in [4.69, 9.17) is 14.9 Å². The van der Waals surface area contributed by atoms with Gasteiger partial charge in [0.25, 0.3) is 0 Å². The quantitative estimate of drug-likeness (QED) is 0.261. The van der Waals surface area contributed by atoms with Crippen LogP contribution in [-0.2, 0) is 13.1 Å². The zero-order valence-corrected chi connectivity index (χ0v) is 20.1. The average molecular weight is 517 g/mol. The second-order valence-corrected chi connectivity index (χ2v) is 8.20. The van der Waals surface area contributed by atoms with E-state index in [1.54, 1.807) is 0 Å². The van der Waals surface area contributed by atoms with Crippen LogP contribution in [0.15, 0.2) is 83.3 Å². The van der Waals surface area contributed by atoms with E-state index in [1.807, 2.05) is 66.7 Å². The van der Waals surface area contributed by atoms with Crippen LogP contribution in [0.3, 0.4) is 0 Å². The van der Waals surface area contributed by atoms with Gasteiger partial charge in [-0.25, -0.2) is 0 Å². The monoisotopic (exact) mass is 515 g/mol. The zero-order chi connectivity index (χ0) is 21.5. The van der Waals surface area contributed by atoms with Gasteiger partial charge >= 0.3 is 0 Å². The Morgan fingerprint density at radius 2 is 1.12 bits per heavy atom. The van der Waals surface area contributed by atoms with Crippen molar-refractivity contribution in [2.75, 3.05) is 13.2 Å². The summed E-state index contributed by atoms with van der Waals surface area (Å²) in [5, 5.41) is 8.74. The Labute approximate surface area is 202 Å². The van der Waals surface area contributed by atoms with Crippen molar-refractivity contribution in [1.82, 2.24) is 9.13 Å². The fourth-order valence-electron chi connectivity index (χ4n) is 3.62. The summed E-state index contributed by atoms with van der Waals surface area (Å²) in [6, 6.07) is 25.9. The Morgan fingerprint density at radius 1 is 0.656 bits per heavy atom. The van der Waals surface area contributed by atoms with Gasteiger partial charge < -0.3 is 18.6 Å². The number of aryl methyl sites for hydroxylation is 2. The van der Waals surface area contributed by atoms with Crippen molar-refractivity contribution in [2.45, 2.75) is 25.9 Å². The van der Waals surface area contributed by atoms with Crippen LogP contribution in [-0.4, -0.2) is 22.3 Å². The van der Waals surface area contributed by atoms with Gasteiger partial charge in [-0.3, -0.25) is 5.41 Å². The number of hydrogen-bond donors (Lipinski definition) is 1. The number of rotatable bonds is 10. The van der Waals surface area contributed by atoms with E-state index >= 15 is 0 Å². The number of benzene rings is 3. The van der Waals surface area contributed by atoms with Crippen LogP contribution >= 0.6 is 28.3 Å². The highest BCUT2D eigenvalue weighted by Crippen LogP contribution is 2.17. The second-order valence-electron chi connectivity index (χ2n) is 7.29. The van der Waals surface area contributed by atoms with Gasteiger partial charge in [-0.2, -0.15) is 0 Å². The van der Waals surface area contributed by atoms with E-state index < -0.39 is 0 Å². The third-order valence-corrected chi connectivity index (χ3v) is 5.65. The lowest BCUT2D eigenvalue weighted by molar-refractivity contribution is 0.297. The number of para-hydroxylation sites is 3. The maximum atomic E-state index is 8.74. The summed E-state index contributed by atoms with van der Waals surface area (Å²) in [5.74, 6) is 1.74. The molecule has 32 heavy (non-hydrogen) atoms. The van der Waals surface area contributed by atoms with Crippen molar-refractivity contribution < 1.29 is 9.47 Å². The number of aromatic nitrogens is 2. The second kappa shape index (κ2) is 11.8. The van der Waals surface area contributed by atoms with Crippen LogP contribution in [0.25, 0.3) is 11.0 Å². The average Bonchev–Trinajstić information content (AvgIpc) is 3.07. The van der Waals surface area contributed by atoms with E-state index in [1.165, 1.54) is 0 Å². The highest BCUT2D eigenvalue weighted by Gasteiger charge is 2.10. The van der Waals surface area contributed by atoms with Crippen molar-refractivity contribution in [1.29, 1.82) is 5.41 Å². The molecule has 0 saturated heterocycles. The van der Waals surface area contributed by atoms with Crippen LogP contribution < -0.4 is 15.1 Å². The summed E-state index contributed by atoms with van der Waals surface area (Å²) in [7, 11) is 0. The van der Waals surface area contributed by atoms with E-state index in [0.717, 1.165) is 52.9 Å². The molecule has 0 aliphatic rings. The van der Waals surface area contributed by atoms with Crippen molar-refractivity contribution in [2.24, 2.45) is 0 Å². The highest BCUT2D eigenvalue weighted by atomic mass is 79.9. The molecule has 0 aliphatic heterocycles. The largest absolute Gasteiger partial charge is 0.494 e. The molecule has 0 spiro atoms. The summed E-state index contributed by atoms with van der Waals surface area (Å²) in [5.41, 5.74) is 2.69. The number of hydrogen-bond acceptors (Lipinski definition) is 3. The number of imidazole rings is 1.